The minimum Gasteiger partial charge on any atom is -0.384 e. The van der Waals surface area contributed by atoms with Crippen molar-refractivity contribution in [3.05, 3.63) is 115 Å². The van der Waals surface area contributed by atoms with E-state index in [-0.39, 0.29) is 22.8 Å². The first-order valence-corrected chi connectivity index (χ1v) is 15.0. The van der Waals surface area contributed by atoms with E-state index in [2.05, 4.69) is 32.0 Å². The van der Waals surface area contributed by atoms with Gasteiger partial charge in [0, 0.05) is 38.4 Å². The minimum absolute atomic E-state index is 0.00256. The fraction of sp³-hybridized carbons (Fsp3) is 0.273. The van der Waals surface area contributed by atoms with E-state index in [0.717, 1.165) is 32.8 Å². The first-order chi connectivity index (χ1) is 19.4. The van der Waals surface area contributed by atoms with Gasteiger partial charge in [-0.15, -0.1) is 11.8 Å². The van der Waals surface area contributed by atoms with Gasteiger partial charge >= 0.3 is 0 Å². The molecule has 0 bridgehead atoms. The lowest BCUT2D eigenvalue weighted by molar-refractivity contribution is -0.118. The zero-order valence-corrected chi connectivity index (χ0v) is 25.6. The molecule has 1 aliphatic carbocycles. The summed E-state index contributed by atoms with van der Waals surface area (Å²) in [6.07, 6.45) is 0.954. The maximum absolute atomic E-state index is 14.0. The van der Waals surface area contributed by atoms with E-state index in [1.807, 2.05) is 13.8 Å². The second-order valence-electron chi connectivity index (χ2n) is 11.5. The van der Waals surface area contributed by atoms with E-state index in [4.69, 9.17) is 28.9 Å². The molecule has 2 aliphatic rings. The second-order valence-corrected chi connectivity index (χ2v) is 13.4. The quantitative estimate of drug-likeness (QED) is 0.294. The van der Waals surface area contributed by atoms with Crippen molar-refractivity contribution in [2.45, 2.75) is 57.1 Å². The molecule has 41 heavy (non-hydrogen) atoms. The van der Waals surface area contributed by atoms with Crippen LogP contribution in [0.5, 0.6) is 0 Å². The zero-order valence-electron chi connectivity index (χ0n) is 23.3. The Kier molecular flexibility index (Phi) is 8.00. The van der Waals surface area contributed by atoms with Gasteiger partial charge in [0.05, 0.1) is 23.2 Å². The fourth-order valence-electron chi connectivity index (χ4n) is 5.89. The van der Waals surface area contributed by atoms with Crippen LogP contribution in [-0.2, 0) is 10.5 Å². The summed E-state index contributed by atoms with van der Waals surface area (Å²) >= 11 is 14.4. The van der Waals surface area contributed by atoms with E-state index >= 15 is 0 Å². The summed E-state index contributed by atoms with van der Waals surface area (Å²) in [6.45, 7) is 8.17. The normalized spacial score (nSPS) is 18.4. The molecule has 2 N–H and O–H groups in total. The summed E-state index contributed by atoms with van der Waals surface area (Å²) in [5, 5.41) is 11.4. The van der Waals surface area contributed by atoms with Crippen LogP contribution >= 0.6 is 35.0 Å². The third-order valence-corrected chi connectivity index (χ3v) is 9.20. The molecule has 5 rings (SSSR count). The molecular weight excluding hydrogens is 576 g/mol. The van der Waals surface area contributed by atoms with Crippen molar-refractivity contribution in [1.29, 1.82) is 5.26 Å². The molecule has 0 radical (unpaired) electrons. The van der Waals surface area contributed by atoms with Gasteiger partial charge in [0.1, 0.15) is 11.6 Å². The summed E-state index contributed by atoms with van der Waals surface area (Å²) < 4.78 is 13.4. The number of benzene rings is 3. The zero-order chi connectivity index (χ0) is 29.6. The molecule has 0 saturated heterocycles. The van der Waals surface area contributed by atoms with Crippen LogP contribution in [0.15, 0.2) is 82.2 Å². The average Bonchev–Trinajstić information content (AvgIpc) is 2.88. The molecule has 8 heteroatoms. The summed E-state index contributed by atoms with van der Waals surface area (Å²) in [6, 6.07) is 18.1. The Morgan fingerprint density at radius 3 is 2.37 bits per heavy atom. The van der Waals surface area contributed by atoms with Gasteiger partial charge in [-0.2, -0.15) is 5.26 Å². The van der Waals surface area contributed by atoms with Gasteiger partial charge in [-0.05, 0) is 84.8 Å². The number of rotatable bonds is 5. The minimum atomic E-state index is -0.598. The highest BCUT2D eigenvalue weighted by Gasteiger charge is 2.45. The van der Waals surface area contributed by atoms with E-state index in [1.165, 1.54) is 12.1 Å². The number of nitrogens with zero attached hydrogens (tertiary/aromatic N) is 2. The van der Waals surface area contributed by atoms with Crippen LogP contribution < -0.4 is 10.6 Å². The second kappa shape index (κ2) is 11.2. The molecule has 1 aliphatic heterocycles. The highest BCUT2D eigenvalue weighted by Crippen LogP contribution is 2.51. The summed E-state index contributed by atoms with van der Waals surface area (Å²) in [4.78, 5) is 16.7. The lowest BCUT2D eigenvalue weighted by Crippen LogP contribution is -2.42. The summed E-state index contributed by atoms with van der Waals surface area (Å²) in [7, 11) is 0. The molecule has 0 amide bonds. The Hall–Kier alpha value is -3.24. The molecule has 1 atom stereocenters. The molecule has 210 valence electrons. The first-order valence-electron chi connectivity index (χ1n) is 13.3. The third-order valence-electron chi connectivity index (χ3n) is 7.71. The summed E-state index contributed by atoms with van der Waals surface area (Å²) in [5.41, 5.74) is 12.8. The van der Waals surface area contributed by atoms with Crippen LogP contribution in [0.4, 0.5) is 10.1 Å². The van der Waals surface area contributed by atoms with Crippen molar-refractivity contribution in [3.63, 3.8) is 0 Å². The van der Waals surface area contributed by atoms with Gasteiger partial charge in [-0.25, -0.2) is 4.39 Å². The monoisotopic (exact) mass is 605 g/mol. The van der Waals surface area contributed by atoms with E-state index in [0.29, 0.717) is 45.5 Å². The lowest BCUT2D eigenvalue weighted by Gasteiger charge is -2.44. The molecule has 1 heterocycles. The lowest BCUT2D eigenvalue weighted by atomic mass is 9.68. The van der Waals surface area contributed by atoms with Crippen molar-refractivity contribution in [2.75, 3.05) is 4.90 Å². The number of anilines is 1. The van der Waals surface area contributed by atoms with Crippen LogP contribution in [0, 0.1) is 36.4 Å². The molecule has 4 nitrogen and oxygen atoms in total. The first kappa shape index (κ1) is 29.3. The summed E-state index contributed by atoms with van der Waals surface area (Å²) in [5.74, 6) is 0.0533. The number of carbonyl (C=O) groups excluding carboxylic acids is 1. The van der Waals surface area contributed by atoms with Gasteiger partial charge in [0.15, 0.2) is 5.78 Å². The third kappa shape index (κ3) is 5.77. The Morgan fingerprint density at radius 2 is 1.73 bits per heavy atom. The molecule has 0 saturated carbocycles. The predicted octanol–water partition coefficient (Wildman–Crippen LogP) is 8.98. The molecular formula is C33H30Cl2FN3OS. The Labute approximate surface area is 254 Å². The van der Waals surface area contributed by atoms with Crippen LogP contribution in [0.25, 0.3) is 0 Å². The molecule has 1 unspecified atom stereocenters. The number of thioether (sulfide) groups is 1. The van der Waals surface area contributed by atoms with Gasteiger partial charge in [0.2, 0.25) is 0 Å². The van der Waals surface area contributed by atoms with Gasteiger partial charge in [-0.3, -0.25) is 9.69 Å². The molecule has 3 aromatic rings. The number of nitriles is 1. The SMILES string of the molecule is Cc1cc(CSc2ccc(F)cc2)c(C)c(C2C(C#N)=C(N)N(c3cc(Cl)cc(Cl)c3)C3=C2C(=O)CC(C)(C)C3)c1. The number of ketones is 1. The maximum atomic E-state index is 14.0. The van der Waals surface area contributed by atoms with Gasteiger partial charge in [0.25, 0.3) is 0 Å². The standard InChI is InChI=1S/C33H30Cl2FN3OS/c1-18-9-20(17-41-25-7-5-23(36)6-8-25)19(2)26(10-18)30-27(16-37)32(38)39(24-12-21(34)11-22(35)13-24)28-14-33(3,4)15-29(40)31(28)30/h5-13,30H,14-15,17,38H2,1-4H3. The number of carbonyl (C=O) groups is 1. The van der Waals surface area contributed by atoms with Gasteiger partial charge in [-0.1, -0.05) is 54.7 Å². The Morgan fingerprint density at radius 1 is 1.07 bits per heavy atom. The molecule has 0 fully saturated rings. The average molecular weight is 607 g/mol. The van der Waals surface area contributed by atoms with Crippen molar-refractivity contribution >= 4 is 46.4 Å². The highest BCUT2D eigenvalue weighted by molar-refractivity contribution is 7.98. The number of hydrogen-bond donors (Lipinski definition) is 1. The van der Waals surface area contributed by atoms with Crippen LogP contribution in [0.2, 0.25) is 10.0 Å². The molecule has 0 spiro atoms. The smallest absolute Gasteiger partial charge is 0.162 e. The van der Waals surface area contributed by atoms with E-state index in [1.54, 1.807) is 47.0 Å². The largest absolute Gasteiger partial charge is 0.384 e. The van der Waals surface area contributed by atoms with Crippen molar-refractivity contribution < 1.29 is 9.18 Å². The number of allylic oxidation sites excluding steroid dienone is 3. The van der Waals surface area contributed by atoms with E-state index in [9.17, 15) is 14.4 Å². The van der Waals surface area contributed by atoms with Crippen molar-refractivity contribution in [1.82, 2.24) is 0 Å². The van der Waals surface area contributed by atoms with Crippen molar-refractivity contribution in [3.8, 4) is 6.07 Å². The number of halogens is 3. The molecule has 0 aromatic heterocycles. The topological polar surface area (TPSA) is 70.1 Å². The van der Waals surface area contributed by atoms with E-state index < -0.39 is 5.92 Å². The fourth-order valence-corrected chi connectivity index (χ4v) is 7.35. The van der Waals surface area contributed by atoms with Crippen LogP contribution in [-0.4, -0.2) is 5.78 Å². The Balaban J connectivity index is 1.68. The maximum Gasteiger partial charge on any atom is 0.162 e. The number of hydrogen-bond acceptors (Lipinski definition) is 5. The van der Waals surface area contributed by atoms with Crippen molar-refractivity contribution in [2.24, 2.45) is 11.1 Å². The number of aryl methyl sites for hydroxylation is 1. The van der Waals surface area contributed by atoms with Gasteiger partial charge < -0.3 is 5.73 Å². The Bertz CT molecular complexity index is 1650. The number of nitrogens with two attached hydrogens (primary N) is 1. The number of Topliss-reactive ketones (excluding diaryl/α,β-unsaturated/α-hetero) is 1. The van der Waals surface area contributed by atoms with Crippen LogP contribution in [0.3, 0.4) is 0 Å². The highest BCUT2D eigenvalue weighted by atomic mass is 35.5. The molecule has 3 aromatic carbocycles. The predicted molar refractivity (Wildman–Crippen MR) is 165 cm³/mol. The van der Waals surface area contributed by atoms with Crippen LogP contribution in [0.1, 0.15) is 54.9 Å².